The Morgan fingerprint density at radius 1 is 1.31 bits per heavy atom. The highest BCUT2D eigenvalue weighted by Crippen LogP contribution is 2.35. The summed E-state index contributed by atoms with van der Waals surface area (Å²) in [5.74, 6) is 0.941. The van der Waals surface area contributed by atoms with Gasteiger partial charge in [0, 0.05) is 25.3 Å². The predicted octanol–water partition coefficient (Wildman–Crippen LogP) is 0.614. The molecule has 2 N–H and O–H groups in total. The van der Waals surface area contributed by atoms with Gasteiger partial charge in [0.2, 0.25) is 0 Å². The molecule has 2 aliphatic rings. The molecule has 1 fully saturated rings. The zero-order chi connectivity index (χ0) is 21.0. The quantitative estimate of drug-likeness (QED) is 0.658. The fourth-order valence-electron chi connectivity index (χ4n) is 3.82. The lowest BCUT2D eigenvalue weighted by molar-refractivity contribution is 0.0223. The number of carbonyl (C=O) groups excluding carboxylic acids is 1. The van der Waals surface area contributed by atoms with Gasteiger partial charge in [-0.3, -0.25) is 4.79 Å². The highest BCUT2D eigenvalue weighted by Gasteiger charge is 2.29. The maximum absolute atomic E-state index is 12.7. The standard InChI is InChI=1S/C20H30N2O6S/c1-14-10-16(19-18(11-14)27-7-8-28-19)20(24)21-12-15-4-6-22(13-17(15)23)5-3-9-29(2,25)26/h10-11,15,17,23H,3-9,12-13H2,1-2H3,(H,21,24)/t15-,17+/m0/s1. The number of aliphatic hydroxyl groups excluding tert-OH is 1. The van der Waals surface area contributed by atoms with Crippen LogP contribution in [0.4, 0.5) is 0 Å². The summed E-state index contributed by atoms with van der Waals surface area (Å²) < 4.78 is 33.7. The number of amides is 1. The number of nitrogens with one attached hydrogen (secondary N) is 1. The molecule has 0 aromatic heterocycles. The number of likely N-dealkylation sites (tertiary alicyclic amines) is 1. The molecule has 2 atom stereocenters. The highest BCUT2D eigenvalue weighted by molar-refractivity contribution is 7.90. The molecule has 1 aromatic rings. The van der Waals surface area contributed by atoms with Gasteiger partial charge >= 0.3 is 0 Å². The van der Waals surface area contributed by atoms with Gasteiger partial charge in [-0.25, -0.2) is 8.42 Å². The molecule has 0 saturated carbocycles. The van der Waals surface area contributed by atoms with Crippen molar-refractivity contribution in [2.24, 2.45) is 5.92 Å². The number of carbonyl (C=O) groups is 1. The minimum Gasteiger partial charge on any atom is -0.486 e. The van der Waals surface area contributed by atoms with Crippen molar-refractivity contribution in [1.29, 1.82) is 0 Å². The van der Waals surface area contributed by atoms with Crippen molar-refractivity contribution in [3.63, 3.8) is 0 Å². The van der Waals surface area contributed by atoms with E-state index in [4.69, 9.17) is 9.47 Å². The lowest BCUT2D eigenvalue weighted by Crippen LogP contribution is -2.48. The number of β-amino-alcohol motifs (C(OH)–C–C–N with tert-alkyl or cyclic N) is 1. The molecular weight excluding hydrogens is 396 g/mol. The van der Waals surface area contributed by atoms with Crippen LogP contribution in [0.1, 0.15) is 28.8 Å². The zero-order valence-electron chi connectivity index (χ0n) is 17.0. The van der Waals surface area contributed by atoms with Crippen LogP contribution in [0, 0.1) is 12.8 Å². The van der Waals surface area contributed by atoms with Crippen LogP contribution in [0.5, 0.6) is 11.5 Å². The Labute approximate surface area is 172 Å². The van der Waals surface area contributed by atoms with Gasteiger partial charge in [-0.15, -0.1) is 0 Å². The Bertz CT molecular complexity index is 842. The average Bonchev–Trinajstić information content (AvgIpc) is 2.65. The van der Waals surface area contributed by atoms with Gasteiger partial charge in [0.05, 0.1) is 17.4 Å². The summed E-state index contributed by atoms with van der Waals surface area (Å²) in [6, 6.07) is 3.64. The topological polar surface area (TPSA) is 105 Å². The molecule has 0 spiro atoms. The summed E-state index contributed by atoms with van der Waals surface area (Å²) in [6.45, 7) is 5.06. The van der Waals surface area contributed by atoms with Gasteiger partial charge in [-0.05, 0) is 50.6 Å². The van der Waals surface area contributed by atoms with E-state index in [9.17, 15) is 18.3 Å². The number of sulfone groups is 1. The van der Waals surface area contributed by atoms with Gasteiger partial charge < -0.3 is 24.8 Å². The number of aryl methyl sites for hydroxylation is 1. The number of fused-ring (bicyclic) bond motifs is 1. The second-order valence-electron chi connectivity index (χ2n) is 7.95. The van der Waals surface area contributed by atoms with E-state index in [1.54, 1.807) is 6.07 Å². The first kappa shape index (κ1) is 21.9. The number of rotatable bonds is 7. The largest absolute Gasteiger partial charge is 0.486 e. The van der Waals surface area contributed by atoms with Gasteiger partial charge in [-0.2, -0.15) is 0 Å². The first-order chi connectivity index (χ1) is 13.7. The molecule has 29 heavy (non-hydrogen) atoms. The summed E-state index contributed by atoms with van der Waals surface area (Å²) in [7, 11) is -2.96. The number of benzene rings is 1. The van der Waals surface area contributed by atoms with E-state index in [-0.39, 0.29) is 17.6 Å². The maximum Gasteiger partial charge on any atom is 0.255 e. The summed E-state index contributed by atoms with van der Waals surface area (Å²) in [5, 5.41) is 13.4. The van der Waals surface area contributed by atoms with E-state index >= 15 is 0 Å². The fourth-order valence-corrected chi connectivity index (χ4v) is 4.47. The first-order valence-corrected chi connectivity index (χ1v) is 12.1. The van der Waals surface area contributed by atoms with Crippen LogP contribution in [-0.2, 0) is 9.84 Å². The number of ether oxygens (including phenoxy) is 2. The van der Waals surface area contributed by atoms with Gasteiger partial charge in [0.15, 0.2) is 11.5 Å². The van der Waals surface area contributed by atoms with Crippen LogP contribution in [-0.4, -0.2) is 81.8 Å². The van der Waals surface area contributed by atoms with E-state index in [0.717, 1.165) is 18.5 Å². The Morgan fingerprint density at radius 2 is 2.07 bits per heavy atom. The maximum atomic E-state index is 12.7. The summed E-state index contributed by atoms with van der Waals surface area (Å²) in [6.07, 6.45) is 1.98. The second-order valence-corrected chi connectivity index (χ2v) is 10.2. The molecule has 2 heterocycles. The number of hydrogen-bond acceptors (Lipinski definition) is 7. The van der Waals surface area contributed by atoms with Gasteiger partial charge in [0.25, 0.3) is 5.91 Å². The van der Waals surface area contributed by atoms with Crippen molar-refractivity contribution >= 4 is 15.7 Å². The number of nitrogens with zero attached hydrogens (tertiary/aromatic N) is 1. The molecule has 0 unspecified atom stereocenters. The van der Waals surface area contributed by atoms with Crippen molar-refractivity contribution in [1.82, 2.24) is 10.2 Å². The third kappa shape index (κ3) is 6.07. The third-order valence-electron chi connectivity index (χ3n) is 5.35. The molecule has 9 heteroatoms. The van der Waals surface area contributed by atoms with Gasteiger partial charge in [0.1, 0.15) is 23.1 Å². The molecule has 0 radical (unpaired) electrons. The number of aliphatic hydroxyl groups is 1. The first-order valence-electron chi connectivity index (χ1n) is 9.99. The van der Waals surface area contributed by atoms with Crippen LogP contribution in [0.15, 0.2) is 12.1 Å². The van der Waals surface area contributed by atoms with E-state index in [1.165, 1.54) is 6.26 Å². The Morgan fingerprint density at radius 3 is 2.79 bits per heavy atom. The lowest BCUT2D eigenvalue weighted by atomic mass is 9.93. The fraction of sp³-hybridized carbons (Fsp3) is 0.650. The van der Waals surface area contributed by atoms with Crippen LogP contribution >= 0.6 is 0 Å². The van der Waals surface area contributed by atoms with E-state index in [0.29, 0.717) is 56.3 Å². The minimum atomic E-state index is -2.96. The predicted molar refractivity (Wildman–Crippen MR) is 109 cm³/mol. The van der Waals surface area contributed by atoms with E-state index in [1.807, 2.05) is 13.0 Å². The smallest absolute Gasteiger partial charge is 0.255 e. The highest BCUT2D eigenvalue weighted by atomic mass is 32.2. The molecule has 0 aliphatic carbocycles. The monoisotopic (exact) mass is 426 g/mol. The number of piperidine rings is 1. The normalized spacial score (nSPS) is 22.3. The Hall–Kier alpha value is -1.84. The lowest BCUT2D eigenvalue weighted by Gasteiger charge is -2.36. The Balaban J connectivity index is 1.51. The van der Waals surface area contributed by atoms with Crippen LogP contribution < -0.4 is 14.8 Å². The molecule has 1 saturated heterocycles. The van der Waals surface area contributed by atoms with Crippen molar-refractivity contribution in [3.8, 4) is 11.5 Å². The SMILES string of the molecule is Cc1cc2c(c(C(=O)NC[C@@H]3CCN(CCCS(C)(=O)=O)C[C@H]3O)c1)OCCO2. The summed E-state index contributed by atoms with van der Waals surface area (Å²) in [4.78, 5) is 14.8. The van der Waals surface area contributed by atoms with E-state index in [2.05, 4.69) is 10.2 Å². The van der Waals surface area contributed by atoms with Crippen molar-refractivity contribution in [2.45, 2.75) is 25.9 Å². The molecular formula is C20H30N2O6S. The van der Waals surface area contributed by atoms with Crippen LogP contribution in [0.2, 0.25) is 0 Å². The molecule has 0 bridgehead atoms. The van der Waals surface area contributed by atoms with Crippen LogP contribution in [0.3, 0.4) is 0 Å². The van der Waals surface area contributed by atoms with Crippen molar-refractivity contribution < 1.29 is 27.8 Å². The molecule has 1 aromatic carbocycles. The molecule has 8 nitrogen and oxygen atoms in total. The third-order valence-corrected chi connectivity index (χ3v) is 6.38. The molecule has 3 rings (SSSR count). The van der Waals surface area contributed by atoms with E-state index < -0.39 is 15.9 Å². The molecule has 1 amide bonds. The van der Waals surface area contributed by atoms with Crippen molar-refractivity contribution in [3.05, 3.63) is 23.3 Å². The minimum absolute atomic E-state index is 0.0390. The van der Waals surface area contributed by atoms with Crippen LogP contribution in [0.25, 0.3) is 0 Å². The summed E-state index contributed by atoms with van der Waals surface area (Å²) in [5.41, 5.74) is 1.37. The molecule has 2 aliphatic heterocycles. The summed E-state index contributed by atoms with van der Waals surface area (Å²) >= 11 is 0. The molecule has 162 valence electrons. The van der Waals surface area contributed by atoms with Gasteiger partial charge in [-0.1, -0.05) is 0 Å². The second kappa shape index (κ2) is 9.32. The Kier molecular flexibility index (Phi) is 7.02. The average molecular weight is 427 g/mol. The number of hydrogen-bond donors (Lipinski definition) is 2. The van der Waals surface area contributed by atoms with Crippen molar-refractivity contribution in [2.75, 3.05) is 51.4 Å². The zero-order valence-corrected chi connectivity index (χ0v) is 17.8.